The largest absolute Gasteiger partial charge is 0.494 e. The zero-order chi connectivity index (χ0) is 35.5. The molecule has 0 amide bonds. The van der Waals surface area contributed by atoms with Gasteiger partial charge in [0.1, 0.15) is 49.0 Å². The van der Waals surface area contributed by atoms with E-state index in [4.69, 9.17) is 38.4 Å². The van der Waals surface area contributed by atoms with Gasteiger partial charge in [-0.25, -0.2) is 9.97 Å². The Balaban J connectivity index is 1.09. The van der Waals surface area contributed by atoms with E-state index in [0.29, 0.717) is 88.7 Å². The number of methoxy groups -OCH3 is 2. The first-order valence-electron chi connectivity index (χ1n) is 17.7. The van der Waals surface area contributed by atoms with Gasteiger partial charge in [0, 0.05) is 50.0 Å². The Morgan fingerprint density at radius 2 is 0.827 bits per heavy atom. The SMILES string of the molecule is COc1cccc2ccc(CN3CCOc4ccccc4OCCN(Cc4ccc5cccc(OC)c5n4)CCOc4ccccc4OCC3)nc12. The number of fused-ring (bicyclic) bond motifs is 4. The summed E-state index contributed by atoms with van der Waals surface area (Å²) >= 11 is 0. The number of ether oxygens (including phenoxy) is 6. The molecule has 7 rings (SSSR count). The van der Waals surface area contributed by atoms with Gasteiger partial charge in [-0.1, -0.05) is 60.7 Å². The lowest BCUT2D eigenvalue weighted by Crippen LogP contribution is -2.33. The summed E-state index contributed by atoms with van der Waals surface area (Å²) in [6, 6.07) is 35.9. The van der Waals surface area contributed by atoms with Crippen LogP contribution in [0.2, 0.25) is 0 Å². The molecule has 0 radical (unpaired) electrons. The zero-order valence-corrected chi connectivity index (χ0v) is 29.7. The lowest BCUT2D eigenvalue weighted by Gasteiger charge is -2.25. The molecule has 6 aromatic rings. The number of hydrogen-bond donors (Lipinski definition) is 0. The Bertz CT molecular complexity index is 1890. The fourth-order valence-electron chi connectivity index (χ4n) is 6.34. The normalized spacial score (nSPS) is 15.1. The van der Waals surface area contributed by atoms with E-state index in [1.54, 1.807) is 14.2 Å². The van der Waals surface area contributed by atoms with E-state index in [9.17, 15) is 0 Å². The second kappa shape index (κ2) is 17.1. The number of hydrogen-bond acceptors (Lipinski definition) is 10. The molecule has 1 aliphatic rings. The van der Waals surface area contributed by atoms with Crippen LogP contribution in [0, 0.1) is 0 Å². The van der Waals surface area contributed by atoms with Gasteiger partial charge in [-0.2, -0.15) is 0 Å². The lowest BCUT2D eigenvalue weighted by atomic mass is 10.2. The van der Waals surface area contributed by atoms with Crippen molar-refractivity contribution in [2.24, 2.45) is 0 Å². The number of nitrogens with zero attached hydrogens (tertiary/aromatic N) is 4. The molecule has 2 aromatic heterocycles. The summed E-state index contributed by atoms with van der Waals surface area (Å²) in [5.41, 5.74) is 3.57. The lowest BCUT2D eigenvalue weighted by molar-refractivity contribution is 0.148. The predicted molar refractivity (Wildman–Crippen MR) is 202 cm³/mol. The van der Waals surface area contributed by atoms with Crippen LogP contribution in [-0.4, -0.2) is 86.6 Å². The van der Waals surface area contributed by atoms with Crippen LogP contribution in [-0.2, 0) is 13.1 Å². The summed E-state index contributed by atoms with van der Waals surface area (Å²) in [7, 11) is 3.35. The van der Waals surface area contributed by atoms with Gasteiger partial charge >= 0.3 is 0 Å². The highest BCUT2D eigenvalue weighted by Gasteiger charge is 2.15. The van der Waals surface area contributed by atoms with Crippen molar-refractivity contribution in [1.29, 1.82) is 0 Å². The highest BCUT2D eigenvalue weighted by Crippen LogP contribution is 2.29. The smallest absolute Gasteiger partial charge is 0.161 e. The van der Waals surface area contributed by atoms with Crippen LogP contribution in [0.3, 0.4) is 0 Å². The molecule has 0 unspecified atom stereocenters. The molecule has 52 heavy (non-hydrogen) atoms. The van der Waals surface area contributed by atoms with Crippen LogP contribution in [0.15, 0.2) is 109 Å². The van der Waals surface area contributed by atoms with Gasteiger partial charge in [0.05, 0.1) is 25.6 Å². The summed E-state index contributed by atoms with van der Waals surface area (Å²) in [6.07, 6.45) is 0. The van der Waals surface area contributed by atoms with Gasteiger partial charge in [-0.05, 0) is 48.5 Å². The first kappa shape index (κ1) is 34.9. The fourth-order valence-corrected chi connectivity index (χ4v) is 6.34. The minimum Gasteiger partial charge on any atom is -0.494 e. The van der Waals surface area contributed by atoms with E-state index in [0.717, 1.165) is 44.7 Å². The van der Waals surface area contributed by atoms with Crippen LogP contribution in [0.4, 0.5) is 0 Å². The van der Waals surface area contributed by atoms with Crippen molar-refractivity contribution >= 4 is 21.8 Å². The molecule has 3 heterocycles. The van der Waals surface area contributed by atoms with Crippen LogP contribution in [0.5, 0.6) is 34.5 Å². The number of rotatable bonds is 6. The highest BCUT2D eigenvalue weighted by atomic mass is 16.5. The minimum absolute atomic E-state index is 0.459. The Hall–Kier alpha value is -5.58. The molecule has 0 spiro atoms. The molecule has 0 atom stereocenters. The van der Waals surface area contributed by atoms with Gasteiger partial charge < -0.3 is 28.4 Å². The van der Waals surface area contributed by atoms with Crippen LogP contribution < -0.4 is 28.4 Å². The van der Waals surface area contributed by atoms with Crippen molar-refractivity contribution in [2.75, 3.05) is 66.8 Å². The van der Waals surface area contributed by atoms with Crippen molar-refractivity contribution in [3.63, 3.8) is 0 Å². The molecule has 0 aliphatic carbocycles. The first-order chi connectivity index (χ1) is 25.7. The monoisotopic (exact) mass is 700 g/mol. The summed E-state index contributed by atoms with van der Waals surface area (Å²) in [6.45, 7) is 5.67. The molecule has 10 nitrogen and oxygen atoms in total. The molecule has 4 aromatic carbocycles. The van der Waals surface area contributed by atoms with Gasteiger partial charge in [-0.3, -0.25) is 9.80 Å². The molecule has 0 fully saturated rings. The Morgan fingerprint density at radius 3 is 1.17 bits per heavy atom. The maximum absolute atomic E-state index is 6.35. The number of pyridine rings is 2. The third-order valence-corrected chi connectivity index (χ3v) is 9.05. The van der Waals surface area contributed by atoms with Crippen molar-refractivity contribution in [3.05, 3.63) is 121 Å². The van der Waals surface area contributed by atoms with E-state index < -0.39 is 0 Å². The van der Waals surface area contributed by atoms with Crippen molar-refractivity contribution in [3.8, 4) is 34.5 Å². The second-order valence-corrected chi connectivity index (χ2v) is 12.5. The van der Waals surface area contributed by atoms with E-state index in [1.807, 2.05) is 84.9 Å². The Kier molecular flexibility index (Phi) is 11.5. The third-order valence-electron chi connectivity index (χ3n) is 9.05. The Morgan fingerprint density at radius 1 is 0.462 bits per heavy atom. The summed E-state index contributed by atoms with van der Waals surface area (Å²) in [4.78, 5) is 14.5. The average Bonchev–Trinajstić information content (AvgIpc) is 3.18. The third kappa shape index (κ3) is 8.65. The van der Waals surface area contributed by atoms with Crippen molar-refractivity contribution < 1.29 is 28.4 Å². The molecule has 0 bridgehead atoms. The number of aromatic nitrogens is 2. The second-order valence-electron chi connectivity index (χ2n) is 12.5. The van der Waals surface area contributed by atoms with Gasteiger partial charge in [-0.15, -0.1) is 0 Å². The Labute approximate surface area is 304 Å². The first-order valence-corrected chi connectivity index (χ1v) is 17.7. The standard InChI is InChI=1S/C42H44N4O6/c1-47-39-15-7-9-31-17-19-33(43-41(31)39)29-45-21-25-49-35-11-3-5-13-37(35)51-27-23-46(24-28-52-38-14-6-4-12-36(38)50-26-22-45)30-34-20-18-32-10-8-16-40(48-2)42(32)44-34/h3-20H,21-30H2,1-2H3. The fraction of sp³-hybridized carbons (Fsp3) is 0.286. The van der Waals surface area contributed by atoms with Crippen LogP contribution >= 0.6 is 0 Å². The van der Waals surface area contributed by atoms with E-state index in [-0.39, 0.29) is 0 Å². The number of benzene rings is 4. The predicted octanol–water partition coefficient (Wildman–Crippen LogP) is 7.03. The average molecular weight is 701 g/mol. The molecule has 10 heteroatoms. The minimum atomic E-state index is 0.459. The molecule has 0 saturated carbocycles. The van der Waals surface area contributed by atoms with Gasteiger partial charge in [0.25, 0.3) is 0 Å². The maximum atomic E-state index is 6.35. The quantitative estimate of drug-likeness (QED) is 0.181. The van der Waals surface area contributed by atoms with Crippen molar-refractivity contribution in [1.82, 2.24) is 19.8 Å². The van der Waals surface area contributed by atoms with E-state index in [2.05, 4.69) is 34.1 Å². The topological polar surface area (TPSA) is 87.6 Å². The van der Waals surface area contributed by atoms with Crippen LogP contribution in [0.25, 0.3) is 21.8 Å². The zero-order valence-electron chi connectivity index (χ0n) is 29.7. The molecule has 1 aliphatic heterocycles. The summed E-state index contributed by atoms with van der Waals surface area (Å²) < 4.78 is 36.6. The van der Waals surface area contributed by atoms with Crippen LogP contribution in [0.1, 0.15) is 11.4 Å². The van der Waals surface area contributed by atoms with Gasteiger partial charge in [0.2, 0.25) is 0 Å². The van der Waals surface area contributed by atoms with E-state index in [1.165, 1.54) is 0 Å². The summed E-state index contributed by atoms with van der Waals surface area (Å²) in [5.74, 6) is 4.35. The molecular weight excluding hydrogens is 656 g/mol. The molecule has 0 saturated heterocycles. The molecule has 268 valence electrons. The summed E-state index contributed by atoms with van der Waals surface area (Å²) in [5, 5.41) is 2.08. The maximum Gasteiger partial charge on any atom is 0.161 e. The van der Waals surface area contributed by atoms with Crippen molar-refractivity contribution in [2.45, 2.75) is 13.1 Å². The molecule has 0 N–H and O–H groups in total. The molecular formula is C42H44N4O6. The van der Waals surface area contributed by atoms with Gasteiger partial charge in [0.15, 0.2) is 23.0 Å². The highest BCUT2D eigenvalue weighted by molar-refractivity contribution is 5.85. The number of para-hydroxylation sites is 6. The van der Waals surface area contributed by atoms with E-state index >= 15 is 0 Å².